The summed E-state index contributed by atoms with van der Waals surface area (Å²) in [5, 5.41) is 0. The average molecular weight is 167 g/mol. The summed E-state index contributed by atoms with van der Waals surface area (Å²) in [4.78, 5) is 14.8. The van der Waals surface area contributed by atoms with E-state index in [0.29, 0.717) is 18.7 Å². The van der Waals surface area contributed by atoms with Crippen molar-refractivity contribution in [3.05, 3.63) is 17.3 Å². The van der Waals surface area contributed by atoms with Gasteiger partial charge in [0, 0.05) is 12.8 Å². The van der Waals surface area contributed by atoms with Crippen molar-refractivity contribution >= 4 is 5.78 Å². The van der Waals surface area contributed by atoms with Crippen LogP contribution in [-0.2, 0) is 11.2 Å². The van der Waals surface area contributed by atoms with Gasteiger partial charge in [-0.3, -0.25) is 0 Å². The van der Waals surface area contributed by atoms with Crippen molar-refractivity contribution in [2.24, 2.45) is 0 Å². The molecule has 0 N–H and O–H groups in total. The second kappa shape index (κ2) is 3.52. The van der Waals surface area contributed by atoms with Gasteiger partial charge in [-0.2, -0.15) is 0 Å². The van der Waals surface area contributed by atoms with Crippen LogP contribution in [0, 0.1) is 13.8 Å². The van der Waals surface area contributed by atoms with Crippen molar-refractivity contribution in [1.82, 2.24) is 4.98 Å². The van der Waals surface area contributed by atoms with Crippen LogP contribution in [0.25, 0.3) is 0 Å². The molecule has 0 unspecified atom stereocenters. The van der Waals surface area contributed by atoms with E-state index < -0.39 is 0 Å². The number of hydrogen-bond acceptors (Lipinski definition) is 3. The van der Waals surface area contributed by atoms with Gasteiger partial charge in [-0.15, -0.1) is 0 Å². The zero-order chi connectivity index (χ0) is 9.14. The summed E-state index contributed by atoms with van der Waals surface area (Å²) in [6.07, 6.45) is 1.13. The SMILES string of the molecule is CC(=O)CCc1nc(C)c(C)o1. The molecule has 3 heteroatoms. The van der Waals surface area contributed by atoms with Gasteiger partial charge in [0.15, 0.2) is 5.89 Å². The third-order valence-electron chi connectivity index (χ3n) is 1.76. The Bertz CT molecular complexity index is 269. The maximum atomic E-state index is 10.6. The molecule has 0 spiro atoms. The van der Waals surface area contributed by atoms with Crippen LogP contribution in [0.2, 0.25) is 0 Å². The number of rotatable bonds is 3. The lowest BCUT2D eigenvalue weighted by molar-refractivity contribution is -0.117. The van der Waals surface area contributed by atoms with E-state index >= 15 is 0 Å². The van der Waals surface area contributed by atoms with Crippen LogP contribution in [0.4, 0.5) is 0 Å². The fraction of sp³-hybridized carbons (Fsp3) is 0.556. The largest absolute Gasteiger partial charge is 0.446 e. The first-order chi connectivity index (χ1) is 5.59. The summed E-state index contributed by atoms with van der Waals surface area (Å²) < 4.78 is 5.30. The van der Waals surface area contributed by atoms with E-state index in [-0.39, 0.29) is 5.78 Å². The van der Waals surface area contributed by atoms with E-state index in [0.717, 1.165) is 11.5 Å². The molecule has 0 radical (unpaired) electrons. The molecule has 3 nitrogen and oxygen atoms in total. The minimum atomic E-state index is 0.170. The lowest BCUT2D eigenvalue weighted by Crippen LogP contribution is -1.93. The van der Waals surface area contributed by atoms with Crippen LogP contribution in [-0.4, -0.2) is 10.8 Å². The number of oxazole rings is 1. The molecule has 0 aliphatic rings. The Morgan fingerprint density at radius 1 is 1.50 bits per heavy atom. The Labute approximate surface area is 71.8 Å². The molecule has 0 aliphatic heterocycles. The lowest BCUT2D eigenvalue weighted by atomic mass is 10.2. The highest BCUT2D eigenvalue weighted by Crippen LogP contribution is 2.09. The standard InChI is InChI=1S/C9H13NO2/c1-6(11)4-5-9-10-7(2)8(3)12-9/h4-5H2,1-3H3. The minimum absolute atomic E-state index is 0.170. The first kappa shape index (κ1) is 8.97. The number of carbonyl (C=O) groups excluding carboxylic acids is 1. The molecule has 0 bridgehead atoms. The van der Waals surface area contributed by atoms with Crippen LogP contribution in [0.5, 0.6) is 0 Å². The van der Waals surface area contributed by atoms with Crippen molar-refractivity contribution < 1.29 is 9.21 Å². The Kier molecular flexibility index (Phi) is 2.63. The number of aryl methyl sites for hydroxylation is 3. The van der Waals surface area contributed by atoms with Gasteiger partial charge in [0.1, 0.15) is 11.5 Å². The van der Waals surface area contributed by atoms with Crippen LogP contribution in [0.15, 0.2) is 4.42 Å². The Hall–Kier alpha value is -1.12. The molecule has 12 heavy (non-hydrogen) atoms. The number of carbonyl (C=O) groups is 1. The monoisotopic (exact) mass is 167 g/mol. The zero-order valence-corrected chi connectivity index (χ0v) is 7.68. The average Bonchev–Trinajstić information content (AvgIpc) is 2.28. The van der Waals surface area contributed by atoms with Gasteiger partial charge in [-0.25, -0.2) is 4.98 Å². The van der Waals surface area contributed by atoms with Crippen molar-refractivity contribution in [2.45, 2.75) is 33.6 Å². The molecule has 0 saturated heterocycles. The third-order valence-corrected chi connectivity index (χ3v) is 1.76. The highest BCUT2D eigenvalue weighted by Gasteiger charge is 2.05. The van der Waals surface area contributed by atoms with E-state index in [4.69, 9.17) is 4.42 Å². The van der Waals surface area contributed by atoms with Gasteiger partial charge in [-0.1, -0.05) is 0 Å². The smallest absolute Gasteiger partial charge is 0.195 e. The predicted octanol–water partition coefficient (Wildman–Crippen LogP) is 1.81. The van der Waals surface area contributed by atoms with E-state index in [2.05, 4.69) is 4.98 Å². The molecule has 0 aromatic carbocycles. The molecule has 0 atom stereocenters. The number of aromatic nitrogens is 1. The summed E-state index contributed by atoms with van der Waals surface area (Å²) in [5.41, 5.74) is 0.911. The zero-order valence-electron chi connectivity index (χ0n) is 7.68. The van der Waals surface area contributed by atoms with E-state index in [1.807, 2.05) is 13.8 Å². The second-order valence-electron chi connectivity index (χ2n) is 2.95. The van der Waals surface area contributed by atoms with Crippen molar-refractivity contribution in [1.29, 1.82) is 0 Å². The molecule has 0 fully saturated rings. The number of ketones is 1. The maximum Gasteiger partial charge on any atom is 0.195 e. The molecule has 1 aromatic rings. The molecular formula is C9H13NO2. The van der Waals surface area contributed by atoms with Crippen molar-refractivity contribution in [3.8, 4) is 0 Å². The van der Waals surface area contributed by atoms with Gasteiger partial charge >= 0.3 is 0 Å². The van der Waals surface area contributed by atoms with E-state index in [1.165, 1.54) is 0 Å². The summed E-state index contributed by atoms with van der Waals surface area (Å²) in [7, 11) is 0. The molecule has 0 amide bonds. The Morgan fingerprint density at radius 2 is 2.17 bits per heavy atom. The highest BCUT2D eigenvalue weighted by molar-refractivity contribution is 5.75. The van der Waals surface area contributed by atoms with Crippen molar-refractivity contribution in [3.63, 3.8) is 0 Å². The summed E-state index contributed by atoms with van der Waals surface area (Å²) in [6, 6.07) is 0. The van der Waals surface area contributed by atoms with Crippen LogP contribution >= 0.6 is 0 Å². The molecule has 1 rings (SSSR count). The minimum Gasteiger partial charge on any atom is -0.446 e. The highest BCUT2D eigenvalue weighted by atomic mass is 16.4. The third kappa shape index (κ3) is 2.19. The van der Waals surface area contributed by atoms with Gasteiger partial charge in [0.2, 0.25) is 0 Å². The molecule has 1 heterocycles. The van der Waals surface area contributed by atoms with E-state index in [9.17, 15) is 4.79 Å². The first-order valence-corrected chi connectivity index (χ1v) is 4.02. The molecule has 0 aliphatic carbocycles. The summed E-state index contributed by atoms with van der Waals surface area (Å²) >= 11 is 0. The second-order valence-corrected chi connectivity index (χ2v) is 2.95. The van der Waals surface area contributed by atoms with Gasteiger partial charge in [0.25, 0.3) is 0 Å². The van der Waals surface area contributed by atoms with Crippen molar-refractivity contribution in [2.75, 3.05) is 0 Å². The van der Waals surface area contributed by atoms with Gasteiger partial charge < -0.3 is 9.21 Å². The fourth-order valence-electron chi connectivity index (χ4n) is 0.929. The predicted molar refractivity (Wildman–Crippen MR) is 45.0 cm³/mol. The van der Waals surface area contributed by atoms with Crippen LogP contribution in [0.1, 0.15) is 30.7 Å². The number of nitrogens with zero attached hydrogens (tertiary/aromatic N) is 1. The first-order valence-electron chi connectivity index (χ1n) is 4.02. The molecule has 66 valence electrons. The Balaban J connectivity index is 2.58. The summed E-state index contributed by atoms with van der Waals surface area (Å²) in [5.74, 6) is 1.68. The van der Waals surface area contributed by atoms with Crippen LogP contribution in [0.3, 0.4) is 0 Å². The van der Waals surface area contributed by atoms with E-state index in [1.54, 1.807) is 6.92 Å². The fourth-order valence-corrected chi connectivity index (χ4v) is 0.929. The number of Topliss-reactive ketones (excluding diaryl/α,β-unsaturated/α-hetero) is 1. The topological polar surface area (TPSA) is 43.1 Å². The summed E-state index contributed by atoms with van der Waals surface area (Å²) in [6.45, 7) is 5.35. The molecule has 0 saturated carbocycles. The molecule has 1 aromatic heterocycles. The number of hydrogen-bond donors (Lipinski definition) is 0. The van der Waals surface area contributed by atoms with Crippen LogP contribution < -0.4 is 0 Å². The lowest BCUT2D eigenvalue weighted by Gasteiger charge is -1.89. The van der Waals surface area contributed by atoms with Gasteiger partial charge in [0.05, 0.1) is 5.69 Å². The maximum absolute atomic E-state index is 10.6. The Morgan fingerprint density at radius 3 is 2.58 bits per heavy atom. The quantitative estimate of drug-likeness (QED) is 0.689. The van der Waals surface area contributed by atoms with Gasteiger partial charge in [-0.05, 0) is 20.8 Å². The normalized spacial score (nSPS) is 10.2. The molecular weight excluding hydrogens is 154 g/mol.